The van der Waals surface area contributed by atoms with Gasteiger partial charge in [-0.1, -0.05) is 0 Å². The van der Waals surface area contributed by atoms with E-state index in [9.17, 15) is 4.79 Å². The number of hydrogen-bond acceptors (Lipinski definition) is 4. The van der Waals surface area contributed by atoms with Crippen molar-refractivity contribution in [3.8, 4) is 0 Å². The van der Waals surface area contributed by atoms with Gasteiger partial charge in [-0.3, -0.25) is 15.1 Å². The summed E-state index contributed by atoms with van der Waals surface area (Å²) in [4.78, 5) is 13.8. The fraction of sp³-hybridized carbons (Fsp3) is 0.615. The minimum absolute atomic E-state index is 0.287. The quantitative estimate of drug-likeness (QED) is 0.452. The van der Waals surface area contributed by atoms with Crippen molar-refractivity contribution in [1.82, 2.24) is 10.3 Å². The number of nitrogens with one attached hydrogen (secondary N) is 1. The van der Waals surface area contributed by atoms with Crippen LogP contribution in [-0.2, 0) is 6.54 Å². The van der Waals surface area contributed by atoms with E-state index in [1.54, 1.807) is 6.07 Å². The zero-order valence-corrected chi connectivity index (χ0v) is 10.4. The number of rotatable bonds is 6. The number of hydrazine groups is 1. The molecule has 18 heavy (non-hydrogen) atoms. The molecule has 1 aromatic heterocycles. The molecule has 2 aliphatic rings. The number of carbonyl (C=O) groups excluding carboxylic acids is 1. The first-order valence-electron chi connectivity index (χ1n) is 6.60. The molecule has 1 aromatic rings. The molecular weight excluding hydrogens is 230 g/mol. The molecule has 0 bridgehead atoms. The standard InChI is InChI=1S/C13H19N3O2/c14-15-13(17)12-6-5-11(18-12)8-16(10-3-4-10)7-9-1-2-9/h5-6,9-10H,1-4,7-8,14H2,(H,15,17). The molecule has 0 unspecified atom stereocenters. The zero-order valence-electron chi connectivity index (χ0n) is 10.4. The van der Waals surface area contributed by atoms with E-state index >= 15 is 0 Å². The van der Waals surface area contributed by atoms with Gasteiger partial charge in [0.25, 0.3) is 0 Å². The van der Waals surface area contributed by atoms with Gasteiger partial charge in [0.05, 0.1) is 6.54 Å². The average Bonchev–Trinajstić information content (AvgIpc) is 3.27. The van der Waals surface area contributed by atoms with Crippen LogP contribution in [0.3, 0.4) is 0 Å². The molecule has 0 atom stereocenters. The average molecular weight is 249 g/mol. The van der Waals surface area contributed by atoms with Crippen molar-refractivity contribution in [3.05, 3.63) is 23.7 Å². The predicted octanol–water partition coefficient (Wildman–Crippen LogP) is 1.26. The Morgan fingerprint density at radius 2 is 2.17 bits per heavy atom. The molecule has 3 rings (SSSR count). The third-order valence-electron chi connectivity index (χ3n) is 3.63. The predicted molar refractivity (Wildman–Crippen MR) is 66.5 cm³/mol. The molecule has 2 saturated carbocycles. The third-order valence-corrected chi connectivity index (χ3v) is 3.63. The van der Waals surface area contributed by atoms with E-state index in [4.69, 9.17) is 10.3 Å². The Bertz CT molecular complexity index is 435. The van der Waals surface area contributed by atoms with Crippen molar-refractivity contribution in [2.75, 3.05) is 6.54 Å². The van der Waals surface area contributed by atoms with Crippen LogP contribution >= 0.6 is 0 Å². The second kappa shape index (κ2) is 4.74. The van der Waals surface area contributed by atoms with Crippen molar-refractivity contribution in [2.24, 2.45) is 11.8 Å². The van der Waals surface area contributed by atoms with Crippen LogP contribution < -0.4 is 11.3 Å². The summed E-state index contributed by atoms with van der Waals surface area (Å²) in [6.07, 6.45) is 5.32. The Labute approximate surface area is 106 Å². The molecule has 5 nitrogen and oxygen atoms in total. The Balaban J connectivity index is 1.62. The first-order chi connectivity index (χ1) is 8.76. The van der Waals surface area contributed by atoms with Gasteiger partial charge in [0.2, 0.25) is 0 Å². The highest BCUT2D eigenvalue weighted by Crippen LogP contribution is 2.35. The number of amides is 1. The van der Waals surface area contributed by atoms with E-state index in [1.165, 1.54) is 32.2 Å². The van der Waals surface area contributed by atoms with Gasteiger partial charge in [-0.05, 0) is 43.7 Å². The molecular formula is C13H19N3O2. The highest BCUT2D eigenvalue weighted by molar-refractivity contribution is 5.90. The number of nitrogens with zero attached hydrogens (tertiary/aromatic N) is 1. The summed E-state index contributed by atoms with van der Waals surface area (Å²) in [5.41, 5.74) is 2.08. The third kappa shape index (κ3) is 2.73. The second-order valence-corrected chi connectivity index (χ2v) is 5.34. The molecule has 3 N–H and O–H groups in total. The van der Waals surface area contributed by atoms with E-state index in [0.29, 0.717) is 0 Å². The molecule has 0 spiro atoms. The Kier molecular flexibility index (Phi) is 3.09. The smallest absolute Gasteiger partial charge is 0.300 e. The van der Waals surface area contributed by atoms with Crippen LogP contribution in [0.2, 0.25) is 0 Å². The van der Waals surface area contributed by atoms with Crippen LogP contribution in [0, 0.1) is 5.92 Å². The van der Waals surface area contributed by atoms with Gasteiger partial charge in [0.1, 0.15) is 5.76 Å². The first kappa shape index (κ1) is 11.7. The van der Waals surface area contributed by atoms with Gasteiger partial charge in [-0.25, -0.2) is 5.84 Å². The second-order valence-electron chi connectivity index (χ2n) is 5.34. The van der Waals surface area contributed by atoms with Crippen molar-refractivity contribution in [3.63, 3.8) is 0 Å². The number of nitrogens with two attached hydrogens (primary N) is 1. The zero-order chi connectivity index (χ0) is 12.5. The van der Waals surface area contributed by atoms with Crippen molar-refractivity contribution < 1.29 is 9.21 Å². The van der Waals surface area contributed by atoms with E-state index < -0.39 is 0 Å². The first-order valence-corrected chi connectivity index (χ1v) is 6.60. The van der Waals surface area contributed by atoms with Gasteiger partial charge >= 0.3 is 5.91 Å². The lowest BCUT2D eigenvalue weighted by Crippen LogP contribution is -2.29. The van der Waals surface area contributed by atoms with Gasteiger partial charge in [0.15, 0.2) is 5.76 Å². The topological polar surface area (TPSA) is 71.5 Å². The lowest BCUT2D eigenvalue weighted by atomic mass is 10.3. The molecule has 2 aliphatic carbocycles. The van der Waals surface area contributed by atoms with E-state index in [-0.39, 0.29) is 11.7 Å². The van der Waals surface area contributed by atoms with Crippen molar-refractivity contribution in [2.45, 2.75) is 38.3 Å². The summed E-state index contributed by atoms with van der Waals surface area (Å²) in [6.45, 7) is 1.98. The summed E-state index contributed by atoms with van der Waals surface area (Å²) in [7, 11) is 0. The molecule has 1 heterocycles. The number of hydrogen-bond donors (Lipinski definition) is 2. The van der Waals surface area contributed by atoms with Crippen LogP contribution in [0.25, 0.3) is 0 Å². The highest BCUT2D eigenvalue weighted by Gasteiger charge is 2.34. The monoisotopic (exact) mass is 249 g/mol. The van der Waals surface area contributed by atoms with Gasteiger partial charge in [-0.2, -0.15) is 0 Å². The van der Waals surface area contributed by atoms with Gasteiger partial charge in [0, 0.05) is 12.6 Å². The minimum Gasteiger partial charge on any atom is -0.455 e. The molecule has 5 heteroatoms. The fourth-order valence-electron chi connectivity index (χ4n) is 2.27. The normalized spacial score (nSPS) is 19.2. The van der Waals surface area contributed by atoms with Gasteiger partial charge in [-0.15, -0.1) is 0 Å². The number of nitrogen functional groups attached to an aromatic ring is 1. The highest BCUT2D eigenvalue weighted by atomic mass is 16.4. The summed E-state index contributed by atoms with van der Waals surface area (Å²) < 4.78 is 5.51. The molecule has 0 radical (unpaired) electrons. The maximum atomic E-state index is 11.3. The number of carbonyl (C=O) groups is 1. The largest absolute Gasteiger partial charge is 0.455 e. The minimum atomic E-state index is -0.374. The van der Waals surface area contributed by atoms with Crippen molar-refractivity contribution in [1.29, 1.82) is 0 Å². The molecule has 0 aliphatic heterocycles. The summed E-state index contributed by atoms with van der Waals surface area (Å²) in [5.74, 6) is 6.72. The van der Waals surface area contributed by atoms with Crippen LogP contribution in [0.4, 0.5) is 0 Å². The summed E-state index contributed by atoms with van der Waals surface area (Å²) in [5, 5.41) is 0. The van der Waals surface area contributed by atoms with E-state index in [1.807, 2.05) is 6.07 Å². The SMILES string of the molecule is NNC(=O)c1ccc(CN(CC2CC2)C2CC2)o1. The number of furan rings is 1. The van der Waals surface area contributed by atoms with Crippen LogP contribution in [0.15, 0.2) is 16.5 Å². The Hall–Kier alpha value is -1.33. The molecule has 0 saturated heterocycles. The summed E-state index contributed by atoms with van der Waals surface area (Å²) >= 11 is 0. The Morgan fingerprint density at radius 1 is 1.39 bits per heavy atom. The maximum absolute atomic E-state index is 11.3. The molecule has 0 aromatic carbocycles. The van der Waals surface area contributed by atoms with Crippen LogP contribution in [0.5, 0.6) is 0 Å². The van der Waals surface area contributed by atoms with Gasteiger partial charge < -0.3 is 4.42 Å². The maximum Gasteiger partial charge on any atom is 0.300 e. The van der Waals surface area contributed by atoms with Crippen LogP contribution in [-0.4, -0.2) is 23.4 Å². The van der Waals surface area contributed by atoms with Crippen molar-refractivity contribution >= 4 is 5.91 Å². The Morgan fingerprint density at radius 3 is 2.78 bits per heavy atom. The lowest BCUT2D eigenvalue weighted by Gasteiger charge is -2.20. The van der Waals surface area contributed by atoms with E-state index in [0.717, 1.165) is 24.3 Å². The summed E-state index contributed by atoms with van der Waals surface area (Å²) in [6, 6.07) is 4.27. The molecule has 2 fully saturated rings. The fourth-order valence-corrected chi connectivity index (χ4v) is 2.27. The van der Waals surface area contributed by atoms with Crippen LogP contribution in [0.1, 0.15) is 42.0 Å². The molecule has 98 valence electrons. The molecule has 1 amide bonds. The lowest BCUT2D eigenvalue weighted by molar-refractivity contribution is 0.0921. The van der Waals surface area contributed by atoms with E-state index in [2.05, 4.69) is 10.3 Å².